The second-order valence-electron chi connectivity index (χ2n) is 26.6. The van der Waals surface area contributed by atoms with Gasteiger partial charge in [-0.1, -0.05) is 191 Å². The average molecular weight is 1190 g/mol. The van der Waals surface area contributed by atoms with E-state index in [-0.39, 0.29) is 16.2 Å². The van der Waals surface area contributed by atoms with Gasteiger partial charge in [-0.15, -0.1) is 22.7 Å². The number of fused-ring (bicyclic) bond motifs is 10. The van der Waals surface area contributed by atoms with Gasteiger partial charge in [0.25, 0.3) is 0 Å². The van der Waals surface area contributed by atoms with Crippen LogP contribution in [0.3, 0.4) is 0 Å². The summed E-state index contributed by atoms with van der Waals surface area (Å²) in [6.45, 7) is 28.0. The highest BCUT2D eigenvalue weighted by Crippen LogP contribution is 2.64. The Bertz CT molecular complexity index is 4150. The number of carbonyl (C=O) groups is 1. The minimum Gasteiger partial charge on any atom is -0.478 e. The van der Waals surface area contributed by atoms with E-state index in [0.717, 1.165) is 63.2 Å². The van der Waals surface area contributed by atoms with Gasteiger partial charge < -0.3 is 10.0 Å². The molecule has 0 spiro atoms. The van der Waals surface area contributed by atoms with Gasteiger partial charge in [0.15, 0.2) is 0 Å². The second-order valence-corrected chi connectivity index (χ2v) is 29.3. The molecule has 86 heavy (non-hydrogen) atoms. The molecule has 0 radical (unpaired) electrons. The number of hydrogen-bond acceptors (Lipinski definition) is 7. The minimum atomic E-state index is -0.896. The lowest BCUT2D eigenvalue weighted by molar-refractivity contribution is 0.0697. The number of nitrogens with zero attached hydrogens (tertiary/aromatic N) is 3. The number of carboxylic acid groups (broad SMARTS) is 1. The van der Waals surface area contributed by atoms with Crippen molar-refractivity contribution in [2.24, 2.45) is 11.8 Å². The van der Waals surface area contributed by atoms with Crippen LogP contribution in [0.15, 0.2) is 133 Å². The molecule has 0 saturated heterocycles. The molecule has 2 atom stereocenters. The van der Waals surface area contributed by atoms with Crippen LogP contribution < -0.4 is 4.90 Å². The Morgan fingerprint density at radius 1 is 0.500 bits per heavy atom. The van der Waals surface area contributed by atoms with Gasteiger partial charge in [0.2, 0.25) is 0 Å². The highest BCUT2D eigenvalue weighted by atomic mass is 32.1. The van der Waals surface area contributed by atoms with Crippen molar-refractivity contribution in [3.05, 3.63) is 193 Å². The number of rotatable bonds is 19. The fraction of sp³-hybridized carbons (Fsp3) is 0.346. The third-order valence-electron chi connectivity index (χ3n) is 20.2. The van der Waals surface area contributed by atoms with E-state index in [4.69, 9.17) is 8.75 Å². The summed E-state index contributed by atoms with van der Waals surface area (Å²) in [5.74, 6) is 0.317. The van der Waals surface area contributed by atoms with Crippen LogP contribution in [-0.4, -0.2) is 19.8 Å². The highest BCUT2D eigenvalue weighted by molar-refractivity contribution is 7.18. The molecular formula is C78H81N3O2S3. The van der Waals surface area contributed by atoms with Crippen molar-refractivity contribution in [1.82, 2.24) is 8.75 Å². The third-order valence-corrected chi connectivity index (χ3v) is 23.5. The highest BCUT2D eigenvalue weighted by Gasteiger charge is 2.49. The van der Waals surface area contributed by atoms with Gasteiger partial charge in [0, 0.05) is 63.9 Å². The van der Waals surface area contributed by atoms with E-state index in [0.29, 0.717) is 17.4 Å². The number of carboxylic acids is 1. The smallest absolute Gasteiger partial charge is 0.335 e. The van der Waals surface area contributed by atoms with Crippen molar-refractivity contribution in [2.75, 3.05) is 4.90 Å². The molecule has 5 nitrogen and oxygen atoms in total. The van der Waals surface area contributed by atoms with Gasteiger partial charge in [0.05, 0.1) is 17.3 Å². The first-order chi connectivity index (χ1) is 41.4. The molecule has 10 aromatic rings. The Hall–Kier alpha value is -6.97. The zero-order valence-corrected chi connectivity index (χ0v) is 54.8. The maximum Gasteiger partial charge on any atom is 0.335 e. The third kappa shape index (κ3) is 9.54. The predicted molar refractivity (Wildman–Crippen MR) is 367 cm³/mol. The number of thiophene rings is 2. The van der Waals surface area contributed by atoms with Crippen molar-refractivity contribution in [1.29, 1.82) is 0 Å². The molecule has 1 N–H and O–H groups in total. The fourth-order valence-electron chi connectivity index (χ4n) is 15.6. The van der Waals surface area contributed by atoms with Crippen molar-refractivity contribution in [3.8, 4) is 65.4 Å². The SMILES string of the molecule is CCCCC(CC)CC1(CC(CC)CCCC)c2sc(-c3ccc(C(=O)O)cc3)cc2-c2cc(-c3ccc(-c4ccc(N(c5ccc6c(c5)C(C)(C)c5cc(C)cc(C)c5-6)c5ccc6c(c5)C(C)(C)c5cc(C)cc(C)c5-6)cc4)c4nsnc34)sc21. The Morgan fingerprint density at radius 2 is 0.953 bits per heavy atom. The van der Waals surface area contributed by atoms with Crippen molar-refractivity contribution >= 4 is 68.5 Å². The lowest BCUT2D eigenvalue weighted by Gasteiger charge is -2.37. The molecule has 0 bridgehead atoms. The Labute approximate surface area is 522 Å². The van der Waals surface area contributed by atoms with Crippen LogP contribution in [-0.2, 0) is 16.2 Å². The Kier molecular flexibility index (Phi) is 15.1. The molecule has 3 aromatic heterocycles. The summed E-state index contributed by atoms with van der Waals surface area (Å²) >= 11 is 5.27. The standard InChI is InChI=1S/C78H81N3O2S3/c1-13-17-19-49(15-3)43-78(44-50(16-4)20-18-14-2)73-61(41-67(84-73)52-21-23-53(24-22-52)75(82)83)62-42-68(85-74(62)78)60-34-33-57(71-72(60)80-86-79-71)51-25-27-54(28-26-51)81(55-29-31-58-63(39-55)76(9,10)65-37-45(5)35-47(7)69(58)65)56-30-32-59-64(40-56)77(11,12)66-38-46(6)36-48(8)70(59)66/h21-42,49-50H,13-20,43-44H2,1-12H3,(H,82,83). The van der Waals surface area contributed by atoms with Crippen LogP contribution in [0.4, 0.5) is 17.1 Å². The summed E-state index contributed by atoms with van der Waals surface area (Å²) in [4.78, 5) is 19.9. The van der Waals surface area contributed by atoms with E-state index >= 15 is 0 Å². The van der Waals surface area contributed by atoms with E-state index in [1.807, 2.05) is 34.8 Å². The largest absolute Gasteiger partial charge is 0.478 e. The van der Waals surface area contributed by atoms with Crippen LogP contribution in [0.5, 0.6) is 0 Å². The van der Waals surface area contributed by atoms with Crippen molar-refractivity contribution in [2.45, 2.75) is 164 Å². The first kappa shape index (κ1) is 58.1. The van der Waals surface area contributed by atoms with Crippen LogP contribution in [0, 0.1) is 39.5 Å². The number of benzene rings is 7. The quantitative estimate of drug-likeness (QED) is 0.0874. The molecule has 2 unspecified atom stereocenters. The van der Waals surface area contributed by atoms with Gasteiger partial charge >= 0.3 is 5.97 Å². The molecular weight excluding hydrogens is 1110 g/mol. The first-order valence-electron chi connectivity index (χ1n) is 31.7. The van der Waals surface area contributed by atoms with Crippen LogP contribution in [0.25, 0.3) is 76.4 Å². The lowest BCUT2D eigenvalue weighted by atomic mass is 9.70. The topological polar surface area (TPSA) is 66.3 Å². The average Bonchev–Trinajstić information content (AvgIpc) is 1.57. The number of hydrogen-bond donors (Lipinski definition) is 1. The first-order valence-corrected chi connectivity index (χ1v) is 34.1. The van der Waals surface area contributed by atoms with Gasteiger partial charge in [-0.3, -0.25) is 0 Å². The van der Waals surface area contributed by atoms with Crippen LogP contribution in [0.1, 0.15) is 184 Å². The minimum absolute atomic E-state index is 0.117. The van der Waals surface area contributed by atoms with Gasteiger partial charge in [-0.2, -0.15) is 8.75 Å². The summed E-state index contributed by atoms with van der Waals surface area (Å²) < 4.78 is 10.3. The molecule has 7 aromatic carbocycles. The van der Waals surface area contributed by atoms with Crippen LogP contribution >= 0.6 is 34.4 Å². The Morgan fingerprint density at radius 3 is 1.45 bits per heavy atom. The molecule has 0 amide bonds. The van der Waals surface area contributed by atoms with Crippen molar-refractivity contribution in [3.63, 3.8) is 0 Å². The van der Waals surface area contributed by atoms with Crippen molar-refractivity contribution < 1.29 is 9.90 Å². The number of anilines is 3. The predicted octanol–water partition coefficient (Wildman–Crippen LogP) is 23.3. The molecule has 3 aliphatic rings. The zero-order valence-electron chi connectivity index (χ0n) is 52.3. The van der Waals surface area contributed by atoms with E-state index in [9.17, 15) is 9.90 Å². The summed E-state index contributed by atoms with van der Waals surface area (Å²) in [6.07, 6.45) is 12.0. The molecule has 0 saturated carbocycles. The lowest BCUT2D eigenvalue weighted by Crippen LogP contribution is -2.30. The monoisotopic (exact) mass is 1190 g/mol. The summed E-state index contributed by atoms with van der Waals surface area (Å²) in [6, 6.07) is 50.1. The number of unbranched alkanes of at least 4 members (excludes halogenated alkanes) is 2. The van der Waals surface area contributed by atoms with Gasteiger partial charge in [-0.25, -0.2) is 4.79 Å². The summed E-state index contributed by atoms with van der Waals surface area (Å²) in [7, 11) is 0. The van der Waals surface area contributed by atoms with E-state index in [1.54, 1.807) is 12.1 Å². The fourth-order valence-corrected chi connectivity index (χ4v) is 19.1. The molecule has 8 heteroatoms. The molecule has 0 fully saturated rings. The van der Waals surface area contributed by atoms with E-state index in [1.165, 1.54) is 160 Å². The number of aromatic nitrogens is 2. The zero-order chi connectivity index (χ0) is 60.1. The summed E-state index contributed by atoms with van der Waals surface area (Å²) in [5.41, 5.74) is 28.6. The maximum atomic E-state index is 12.0. The second kappa shape index (κ2) is 22.3. The summed E-state index contributed by atoms with van der Waals surface area (Å²) in [5, 5.41) is 9.80. The number of aromatic carboxylic acids is 1. The maximum absolute atomic E-state index is 12.0. The van der Waals surface area contributed by atoms with E-state index in [2.05, 4.69) is 197 Å². The Balaban J connectivity index is 0.907. The van der Waals surface area contributed by atoms with E-state index < -0.39 is 5.97 Å². The van der Waals surface area contributed by atoms with Gasteiger partial charge in [-0.05, 0) is 191 Å². The number of aryl methyl sites for hydroxylation is 4. The molecule has 0 aliphatic heterocycles. The normalized spacial score (nSPS) is 16.4. The van der Waals surface area contributed by atoms with Crippen LogP contribution in [0.2, 0.25) is 0 Å². The van der Waals surface area contributed by atoms with Gasteiger partial charge in [0.1, 0.15) is 11.0 Å². The molecule has 3 heterocycles. The molecule has 3 aliphatic carbocycles. The molecule has 13 rings (SSSR count). The molecule has 438 valence electrons.